The average molecular weight is 312 g/mol. The van der Waals surface area contributed by atoms with Crippen molar-refractivity contribution in [1.29, 1.82) is 0 Å². The second kappa shape index (κ2) is 7.38. The zero-order chi connectivity index (χ0) is 16.1. The van der Waals surface area contributed by atoms with Gasteiger partial charge in [0.25, 0.3) is 0 Å². The third-order valence-corrected chi connectivity index (χ3v) is 4.29. The van der Waals surface area contributed by atoms with Gasteiger partial charge in [0.15, 0.2) is 11.5 Å². The number of nitrogens with zero attached hydrogens (tertiary/aromatic N) is 1. The molecule has 3 rings (SSSR count). The Kier molecular flexibility index (Phi) is 5.03. The number of para-hydroxylation sites is 1. The van der Waals surface area contributed by atoms with Gasteiger partial charge < -0.3 is 20.1 Å². The summed E-state index contributed by atoms with van der Waals surface area (Å²) < 4.78 is 11.3. The van der Waals surface area contributed by atoms with Crippen molar-refractivity contribution in [3.63, 3.8) is 0 Å². The van der Waals surface area contributed by atoms with Gasteiger partial charge >= 0.3 is 0 Å². The quantitative estimate of drug-likeness (QED) is 0.891. The monoisotopic (exact) mass is 312 g/mol. The van der Waals surface area contributed by atoms with E-state index in [0.29, 0.717) is 13.2 Å². The van der Waals surface area contributed by atoms with Crippen molar-refractivity contribution in [3.05, 3.63) is 53.6 Å². The summed E-state index contributed by atoms with van der Waals surface area (Å²) in [5.41, 5.74) is 9.48. The van der Waals surface area contributed by atoms with E-state index in [2.05, 4.69) is 29.2 Å². The standard InChI is InChI=1S/C19H24N2O2/c1-22-19-13-15(14-20)8-9-18(19)23-12-11-21-10-4-6-16-5-2-3-7-17(16)21/h2-3,5,7-9,13H,4,6,10-12,14,20H2,1H3. The van der Waals surface area contributed by atoms with Crippen LogP contribution in [0.5, 0.6) is 11.5 Å². The molecule has 1 aliphatic rings. The third-order valence-electron chi connectivity index (χ3n) is 4.29. The molecule has 0 bridgehead atoms. The highest BCUT2D eigenvalue weighted by Crippen LogP contribution is 2.29. The summed E-state index contributed by atoms with van der Waals surface area (Å²) >= 11 is 0. The topological polar surface area (TPSA) is 47.7 Å². The Bertz CT molecular complexity index is 658. The van der Waals surface area contributed by atoms with Gasteiger partial charge in [0.05, 0.1) is 13.7 Å². The first-order valence-electron chi connectivity index (χ1n) is 8.14. The van der Waals surface area contributed by atoms with Crippen LogP contribution in [0.25, 0.3) is 0 Å². The molecule has 0 fully saturated rings. The molecule has 1 heterocycles. The summed E-state index contributed by atoms with van der Waals surface area (Å²) in [7, 11) is 1.66. The van der Waals surface area contributed by atoms with Crippen LogP contribution in [0.4, 0.5) is 5.69 Å². The van der Waals surface area contributed by atoms with Crippen molar-refractivity contribution in [3.8, 4) is 11.5 Å². The minimum Gasteiger partial charge on any atom is -0.493 e. The number of ether oxygens (including phenoxy) is 2. The SMILES string of the molecule is COc1cc(CN)ccc1OCCN1CCCc2ccccc21. The van der Waals surface area contributed by atoms with Gasteiger partial charge in [-0.2, -0.15) is 0 Å². The van der Waals surface area contributed by atoms with E-state index in [9.17, 15) is 0 Å². The summed E-state index contributed by atoms with van der Waals surface area (Å²) in [6.07, 6.45) is 2.37. The number of hydrogen-bond acceptors (Lipinski definition) is 4. The molecule has 0 spiro atoms. The first kappa shape index (κ1) is 15.7. The number of methoxy groups -OCH3 is 1. The minimum atomic E-state index is 0.501. The molecule has 0 atom stereocenters. The molecule has 1 aliphatic heterocycles. The Morgan fingerprint density at radius 1 is 1.13 bits per heavy atom. The lowest BCUT2D eigenvalue weighted by Crippen LogP contribution is -2.33. The summed E-state index contributed by atoms with van der Waals surface area (Å²) in [6.45, 7) is 3.09. The maximum atomic E-state index is 5.94. The molecule has 4 heteroatoms. The van der Waals surface area contributed by atoms with Gasteiger partial charge in [0, 0.05) is 18.8 Å². The van der Waals surface area contributed by atoms with E-state index in [1.54, 1.807) is 7.11 Å². The minimum absolute atomic E-state index is 0.501. The van der Waals surface area contributed by atoms with E-state index in [1.807, 2.05) is 18.2 Å². The zero-order valence-electron chi connectivity index (χ0n) is 13.6. The molecular formula is C19H24N2O2. The lowest BCUT2D eigenvalue weighted by molar-refractivity contribution is 0.298. The van der Waals surface area contributed by atoms with Crippen molar-refractivity contribution in [1.82, 2.24) is 0 Å². The maximum Gasteiger partial charge on any atom is 0.161 e. The van der Waals surface area contributed by atoms with Gasteiger partial charge in [-0.05, 0) is 42.2 Å². The molecule has 0 aromatic heterocycles. The van der Waals surface area contributed by atoms with Gasteiger partial charge in [-0.25, -0.2) is 0 Å². The largest absolute Gasteiger partial charge is 0.493 e. The zero-order valence-corrected chi connectivity index (χ0v) is 13.6. The first-order chi connectivity index (χ1) is 11.3. The smallest absolute Gasteiger partial charge is 0.161 e. The molecule has 2 aromatic rings. The molecule has 0 radical (unpaired) electrons. The molecule has 2 N–H and O–H groups in total. The fourth-order valence-corrected chi connectivity index (χ4v) is 3.07. The molecule has 0 amide bonds. The number of aryl methyl sites for hydroxylation is 1. The Labute approximate surface area is 137 Å². The molecule has 122 valence electrons. The number of nitrogens with two attached hydrogens (primary N) is 1. The van der Waals surface area contributed by atoms with Gasteiger partial charge in [-0.3, -0.25) is 0 Å². The lowest BCUT2D eigenvalue weighted by atomic mass is 10.0. The van der Waals surface area contributed by atoms with Crippen molar-refractivity contribution < 1.29 is 9.47 Å². The van der Waals surface area contributed by atoms with E-state index in [1.165, 1.54) is 24.1 Å². The first-order valence-corrected chi connectivity index (χ1v) is 8.14. The van der Waals surface area contributed by atoms with Crippen molar-refractivity contribution in [2.45, 2.75) is 19.4 Å². The summed E-state index contributed by atoms with van der Waals surface area (Å²) in [5.74, 6) is 1.52. The third kappa shape index (κ3) is 3.59. The van der Waals surface area contributed by atoms with Gasteiger partial charge in [-0.1, -0.05) is 24.3 Å². The van der Waals surface area contributed by atoms with Crippen LogP contribution in [0.15, 0.2) is 42.5 Å². The van der Waals surface area contributed by atoms with Crippen LogP contribution in [0.1, 0.15) is 17.5 Å². The maximum absolute atomic E-state index is 5.94. The molecule has 0 aliphatic carbocycles. The fourth-order valence-electron chi connectivity index (χ4n) is 3.07. The predicted octanol–water partition coefficient (Wildman–Crippen LogP) is 2.99. The molecule has 0 saturated heterocycles. The number of fused-ring (bicyclic) bond motifs is 1. The van der Waals surface area contributed by atoms with Gasteiger partial charge in [0.2, 0.25) is 0 Å². The lowest BCUT2D eigenvalue weighted by Gasteiger charge is -2.31. The Morgan fingerprint density at radius 2 is 2.00 bits per heavy atom. The van der Waals surface area contributed by atoms with Crippen LogP contribution in [0.3, 0.4) is 0 Å². The molecular weight excluding hydrogens is 288 g/mol. The molecule has 2 aromatic carbocycles. The molecule has 0 unspecified atom stereocenters. The molecule has 23 heavy (non-hydrogen) atoms. The second-order valence-corrected chi connectivity index (χ2v) is 5.76. The highest BCUT2D eigenvalue weighted by Gasteiger charge is 2.16. The van der Waals surface area contributed by atoms with Crippen LogP contribution in [-0.4, -0.2) is 26.8 Å². The Balaban J connectivity index is 1.62. The van der Waals surface area contributed by atoms with E-state index in [-0.39, 0.29) is 0 Å². The van der Waals surface area contributed by atoms with Crippen molar-refractivity contribution in [2.24, 2.45) is 5.73 Å². The van der Waals surface area contributed by atoms with Crippen LogP contribution >= 0.6 is 0 Å². The van der Waals surface area contributed by atoms with Gasteiger partial charge in [-0.15, -0.1) is 0 Å². The van der Waals surface area contributed by atoms with Crippen LogP contribution in [0, 0.1) is 0 Å². The van der Waals surface area contributed by atoms with E-state index in [4.69, 9.17) is 15.2 Å². The highest BCUT2D eigenvalue weighted by atomic mass is 16.5. The number of hydrogen-bond donors (Lipinski definition) is 1. The average Bonchev–Trinajstić information content (AvgIpc) is 2.62. The number of rotatable bonds is 6. The van der Waals surface area contributed by atoms with Crippen molar-refractivity contribution >= 4 is 5.69 Å². The second-order valence-electron chi connectivity index (χ2n) is 5.76. The molecule has 4 nitrogen and oxygen atoms in total. The highest BCUT2D eigenvalue weighted by molar-refractivity contribution is 5.55. The van der Waals surface area contributed by atoms with Crippen LogP contribution < -0.4 is 20.1 Å². The summed E-state index contributed by atoms with van der Waals surface area (Å²) in [4.78, 5) is 2.40. The van der Waals surface area contributed by atoms with Crippen LogP contribution in [-0.2, 0) is 13.0 Å². The van der Waals surface area contributed by atoms with Crippen molar-refractivity contribution in [2.75, 3.05) is 31.7 Å². The van der Waals surface area contributed by atoms with Crippen LogP contribution in [0.2, 0.25) is 0 Å². The van der Waals surface area contributed by atoms with E-state index >= 15 is 0 Å². The summed E-state index contributed by atoms with van der Waals surface area (Å²) in [6, 6.07) is 14.5. The normalized spacial score (nSPS) is 13.6. The number of anilines is 1. The van der Waals surface area contributed by atoms with Gasteiger partial charge in [0.1, 0.15) is 6.61 Å². The summed E-state index contributed by atoms with van der Waals surface area (Å²) in [5, 5.41) is 0. The van der Waals surface area contributed by atoms with E-state index < -0.39 is 0 Å². The molecule has 0 saturated carbocycles. The predicted molar refractivity (Wildman–Crippen MR) is 93.4 cm³/mol. The Hall–Kier alpha value is -2.20. The van der Waals surface area contributed by atoms with E-state index in [0.717, 1.165) is 30.2 Å². The fraction of sp³-hybridized carbons (Fsp3) is 0.368. The Morgan fingerprint density at radius 3 is 2.83 bits per heavy atom. The number of benzene rings is 2.